The molecule has 0 radical (unpaired) electrons. The number of aromatic nitrogens is 3. The van der Waals surface area contributed by atoms with Gasteiger partial charge in [0.2, 0.25) is 0 Å². The zero-order valence-electron chi connectivity index (χ0n) is 11.7. The van der Waals surface area contributed by atoms with E-state index >= 15 is 0 Å². The summed E-state index contributed by atoms with van der Waals surface area (Å²) in [5.74, 6) is 0.274. The number of benzene rings is 1. The summed E-state index contributed by atoms with van der Waals surface area (Å²) in [4.78, 5) is 13.7. The van der Waals surface area contributed by atoms with Gasteiger partial charge in [-0.3, -0.25) is 4.98 Å². The maximum Gasteiger partial charge on any atom is 0.416 e. The molecule has 1 aromatic carbocycles. The van der Waals surface area contributed by atoms with Crippen LogP contribution in [-0.2, 0) is 19.8 Å². The molecule has 0 amide bonds. The lowest BCUT2D eigenvalue weighted by atomic mass is 10.0. The zero-order valence-corrected chi connectivity index (χ0v) is 11.7. The van der Waals surface area contributed by atoms with Gasteiger partial charge in [0, 0.05) is 7.05 Å². The summed E-state index contributed by atoms with van der Waals surface area (Å²) in [7, 11) is 1.45. The Kier molecular flexibility index (Phi) is 4.67. The predicted molar refractivity (Wildman–Crippen MR) is 71.9 cm³/mol. The molecule has 3 N–H and O–H groups in total. The second-order valence-corrected chi connectivity index (χ2v) is 4.70. The van der Waals surface area contributed by atoms with Crippen molar-refractivity contribution in [3.05, 3.63) is 51.7 Å². The van der Waals surface area contributed by atoms with E-state index in [9.17, 15) is 23.1 Å². The van der Waals surface area contributed by atoms with Crippen molar-refractivity contribution in [1.29, 1.82) is 0 Å². The molecule has 0 saturated carbocycles. The number of hydrogen-bond acceptors (Lipinski definition) is 4. The number of aliphatic hydroxyl groups excluding tert-OH is 1. The van der Waals surface area contributed by atoms with Gasteiger partial charge in [0.1, 0.15) is 5.82 Å². The van der Waals surface area contributed by atoms with Gasteiger partial charge in [-0.1, -0.05) is 18.2 Å². The Morgan fingerprint density at radius 3 is 2.64 bits per heavy atom. The van der Waals surface area contributed by atoms with Crippen LogP contribution in [0.4, 0.5) is 13.2 Å². The first-order valence-electron chi connectivity index (χ1n) is 6.45. The fourth-order valence-electron chi connectivity index (χ4n) is 2.09. The molecular formula is C13H15F3N4O2. The van der Waals surface area contributed by atoms with Crippen LogP contribution < -0.4 is 11.0 Å². The lowest BCUT2D eigenvalue weighted by Gasteiger charge is -2.20. The van der Waals surface area contributed by atoms with E-state index in [1.165, 1.54) is 25.2 Å². The number of halogens is 3. The monoisotopic (exact) mass is 316 g/mol. The van der Waals surface area contributed by atoms with E-state index in [0.29, 0.717) is 0 Å². The molecule has 9 heteroatoms. The molecule has 0 bridgehead atoms. The van der Waals surface area contributed by atoms with Crippen molar-refractivity contribution >= 4 is 0 Å². The second kappa shape index (κ2) is 6.32. The molecule has 0 aliphatic carbocycles. The first kappa shape index (κ1) is 16.2. The van der Waals surface area contributed by atoms with Gasteiger partial charge in [0.05, 0.1) is 24.8 Å². The first-order valence-corrected chi connectivity index (χ1v) is 6.45. The number of aliphatic hydroxyl groups is 1. The van der Waals surface area contributed by atoms with Crippen LogP contribution >= 0.6 is 0 Å². The Morgan fingerprint density at radius 2 is 2.09 bits per heavy atom. The standard InChI is InChI=1S/C13H15F3N4O2/c1-20-12(22)18-11(19-20)6-17-10(7-21)8-4-2-3-5-9(8)13(14,15)16/h2-5,10,17,21H,6-7H2,1H3,(H,18,19,22). The smallest absolute Gasteiger partial charge is 0.394 e. The highest BCUT2D eigenvalue weighted by Crippen LogP contribution is 2.34. The van der Waals surface area contributed by atoms with Crippen LogP contribution in [0.3, 0.4) is 0 Å². The minimum absolute atomic E-state index is 0.0213. The van der Waals surface area contributed by atoms with Crippen LogP contribution in [0.5, 0.6) is 0 Å². The average molecular weight is 316 g/mol. The van der Waals surface area contributed by atoms with Crippen molar-refractivity contribution in [2.24, 2.45) is 7.05 Å². The van der Waals surface area contributed by atoms with Crippen LogP contribution in [0.1, 0.15) is 23.0 Å². The molecule has 6 nitrogen and oxygen atoms in total. The van der Waals surface area contributed by atoms with Gasteiger partial charge in [0.25, 0.3) is 0 Å². The van der Waals surface area contributed by atoms with E-state index in [0.717, 1.165) is 10.7 Å². The van der Waals surface area contributed by atoms with Crippen molar-refractivity contribution in [2.45, 2.75) is 18.8 Å². The van der Waals surface area contributed by atoms with Gasteiger partial charge in [-0.15, -0.1) is 0 Å². The van der Waals surface area contributed by atoms with Crippen molar-refractivity contribution in [3.63, 3.8) is 0 Å². The number of nitrogens with one attached hydrogen (secondary N) is 2. The third-order valence-corrected chi connectivity index (χ3v) is 3.16. The Labute approximate surface area is 123 Å². The van der Waals surface area contributed by atoms with E-state index in [1.807, 2.05) is 0 Å². The summed E-state index contributed by atoms with van der Waals surface area (Å²) in [6, 6.07) is 4.10. The number of rotatable bonds is 5. The Hall–Kier alpha value is -2.13. The number of hydrogen-bond donors (Lipinski definition) is 3. The maximum atomic E-state index is 13.0. The van der Waals surface area contributed by atoms with E-state index in [2.05, 4.69) is 15.4 Å². The number of H-pyrrole nitrogens is 1. The molecule has 0 saturated heterocycles. The summed E-state index contributed by atoms with van der Waals surface area (Å²) in [5, 5.41) is 16.0. The SMILES string of the molecule is Cn1nc(CNC(CO)c2ccccc2C(F)(F)F)[nH]c1=O. The average Bonchev–Trinajstić information content (AvgIpc) is 2.78. The third-order valence-electron chi connectivity index (χ3n) is 3.16. The van der Waals surface area contributed by atoms with Gasteiger partial charge in [-0.2, -0.15) is 18.3 Å². The Balaban J connectivity index is 2.20. The van der Waals surface area contributed by atoms with E-state index in [-0.39, 0.29) is 17.9 Å². The second-order valence-electron chi connectivity index (χ2n) is 4.70. The normalized spacial score (nSPS) is 13.3. The van der Waals surface area contributed by atoms with Crippen molar-refractivity contribution in [2.75, 3.05) is 6.61 Å². The number of nitrogens with zero attached hydrogens (tertiary/aromatic N) is 2. The number of alkyl halides is 3. The fraction of sp³-hybridized carbons (Fsp3) is 0.385. The molecule has 1 aromatic heterocycles. The molecule has 1 unspecified atom stereocenters. The van der Waals surface area contributed by atoms with Crippen LogP contribution in [0.25, 0.3) is 0 Å². The molecule has 120 valence electrons. The van der Waals surface area contributed by atoms with Crippen LogP contribution in [0.2, 0.25) is 0 Å². The van der Waals surface area contributed by atoms with E-state index in [1.54, 1.807) is 0 Å². The summed E-state index contributed by atoms with van der Waals surface area (Å²) in [6.07, 6.45) is -4.51. The van der Waals surface area contributed by atoms with Gasteiger partial charge < -0.3 is 10.4 Å². The topological polar surface area (TPSA) is 82.9 Å². The molecule has 0 aliphatic heterocycles. The van der Waals surface area contributed by atoms with Crippen LogP contribution in [0.15, 0.2) is 29.1 Å². The first-order chi connectivity index (χ1) is 10.3. The molecule has 1 atom stereocenters. The van der Waals surface area contributed by atoms with Crippen LogP contribution in [-0.4, -0.2) is 26.5 Å². The van der Waals surface area contributed by atoms with Crippen LogP contribution in [0, 0.1) is 0 Å². The van der Waals surface area contributed by atoms with Crippen molar-refractivity contribution in [1.82, 2.24) is 20.1 Å². The highest BCUT2D eigenvalue weighted by Gasteiger charge is 2.34. The Morgan fingerprint density at radius 1 is 1.41 bits per heavy atom. The lowest BCUT2D eigenvalue weighted by molar-refractivity contribution is -0.138. The lowest BCUT2D eigenvalue weighted by Crippen LogP contribution is -2.27. The fourth-order valence-corrected chi connectivity index (χ4v) is 2.09. The van der Waals surface area contributed by atoms with E-state index < -0.39 is 30.1 Å². The predicted octanol–water partition coefficient (Wildman–Crippen LogP) is 0.950. The van der Waals surface area contributed by atoms with Gasteiger partial charge in [-0.05, 0) is 11.6 Å². The molecule has 2 aromatic rings. The summed E-state index contributed by atoms with van der Waals surface area (Å²) < 4.78 is 40.1. The molecule has 0 fully saturated rings. The van der Waals surface area contributed by atoms with Gasteiger partial charge in [0.15, 0.2) is 0 Å². The molecule has 1 heterocycles. The molecule has 0 aliphatic rings. The van der Waals surface area contributed by atoms with Crippen molar-refractivity contribution < 1.29 is 18.3 Å². The van der Waals surface area contributed by atoms with Gasteiger partial charge in [-0.25, -0.2) is 9.48 Å². The minimum Gasteiger partial charge on any atom is -0.394 e. The number of aromatic amines is 1. The maximum absolute atomic E-state index is 13.0. The van der Waals surface area contributed by atoms with E-state index in [4.69, 9.17) is 0 Å². The minimum atomic E-state index is -4.51. The Bertz CT molecular complexity index is 693. The quantitative estimate of drug-likeness (QED) is 0.767. The highest BCUT2D eigenvalue weighted by molar-refractivity contribution is 5.32. The highest BCUT2D eigenvalue weighted by atomic mass is 19.4. The molecule has 22 heavy (non-hydrogen) atoms. The third kappa shape index (κ3) is 3.55. The molecule has 0 spiro atoms. The zero-order chi connectivity index (χ0) is 16.3. The largest absolute Gasteiger partial charge is 0.416 e. The summed E-state index contributed by atoms with van der Waals surface area (Å²) >= 11 is 0. The van der Waals surface area contributed by atoms with Gasteiger partial charge >= 0.3 is 11.9 Å². The van der Waals surface area contributed by atoms with Crippen molar-refractivity contribution in [3.8, 4) is 0 Å². The molecule has 2 rings (SSSR count). The number of aryl methyl sites for hydroxylation is 1. The summed E-state index contributed by atoms with van der Waals surface area (Å²) in [5.41, 5.74) is -1.29. The summed E-state index contributed by atoms with van der Waals surface area (Å²) in [6.45, 7) is -0.502. The molecular weight excluding hydrogens is 301 g/mol.